The summed E-state index contributed by atoms with van der Waals surface area (Å²) in [5.41, 5.74) is 0. The van der Waals surface area contributed by atoms with Crippen LogP contribution in [0, 0.1) is 0 Å². The third-order valence-corrected chi connectivity index (χ3v) is 2.70. The Morgan fingerprint density at radius 2 is 1.75 bits per heavy atom. The number of ether oxygens (including phenoxy) is 3. The molecule has 0 N–H and O–H groups in total. The molecule has 0 aromatic heterocycles. The van der Waals surface area contributed by atoms with Crippen molar-refractivity contribution in [1.82, 2.24) is 4.90 Å². The first kappa shape index (κ1) is 18.9. The monoisotopic (exact) mass is 307 g/mol. The second-order valence-electron chi connectivity index (χ2n) is 4.54. The summed E-state index contributed by atoms with van der Waals surface area (Å²) in [5, 5.41) is 0. The molecule has 0 radical (unpaired) electrons. The second kappa shape index (κ2) is 9.74. The van der Waals surface area contributed by atoms with E-state index in [0.717, 1.165) is 25.2 Å². The molecule has 7 heteroatoms. The van der Waals surface area contributed by atoms with Crippen molar-refractivity contribution < 1.29 is 23.8 Å². The first-order valence-corrected chi connectivity index (χ1v) is 6.32. The molecule has 0 aromatic carbocycles. The fraction of sp³-hybridized carbons (Fsp3) is 0.692. The lowest BCUT2D eigenvalue weighted by molar-refractivity contribution is -0.140. The summed E-state index contributed by atoms with van der Waals surface area (Å²) in [7, 11) is 1.25. The van der Waals surface area contributed by atoms with Crippen LogP contribution in [0.3, 0.4) is 0 Å². The van der Waals surface area contributed by atoms with Crippen molar-refractivity contribution in [2.75, 3.05) is 33.4 Å². The average Bonchev–Trinajstić information content (AvgIpc) is 2.34. The predicted octanol–water partition coefficient (Wildman–Crippen LogP) is 0.790. The quantitative estimate of drug-likeness (QED) is 0.553. The number of carbonyl (C=O) groups excluding carboxylic acids is 2. The van der Waals surface area contributed by atoms with Crippen molar-refractivity contribution in [3.8, 4) is 0 Å². The Labute approximate surface area is 125 Å². The summed E-state index contributed by atoms with van der Waals surface area (Å²) in [6.45, 7) is 6.67. The van der Waals surface area contributed by atoms with E-state index < -0.39 is 11.9 Å². The molecule has 0 bridgehead atoms. The predicted molar refractivity (Wildman–Crippen MR) is 75.8 cm³/mol. The molecule has 1 fully saturated rings. The summed E-state index contributed by atoms with van der Waals surface area (Å²) in [4.78, 5) is 24.2. The van der Waals surface area contributed by atoms with Crippen LogP contribution in [-0.2, 0) is 23.8 Å². The van der Waals surface area contributed by atoms with Crippen LogP contribution in [0.25, 0.3) is 0 Å². The van der Waals surface area contributed by atoms with Gasteiger partial charge >= 0.3 is 11.9 Å². The molecule has 0 amide bonds. The zero-order chi connectivity index (χ0) is 14.3. The van der Waals surface area contributed by atoms with Gasteiger partial charge in [0.05, 0.1) is 19.3 Å². The minimum absolute atomic E-state index is 0. The van der Waals surface area contributed by atoms with Crippen LogP contribution in [0.15, 0.2) is 12.2 Å². The zero-order valence-electron chi connectivity index (χ0n) is 12.0. The van der Waals surface area contributed by atoms with Crippen molar-refractivity contribution in [2.45, 2.75) is 26.1 Å². The molecule has 0 aromatic rings. The van der Waals surface area contributed by atoms with Crippen molar-refractivity contribution >= 4 is 24.3 Å². The number of hydrogen-bond acceptors (Lipinski definition) is 6. The van der Waals surface area contributed by atoms with E-state index in [-0.39, 0.29) is 24.6 Å². The first-order valence-electron chi connectivity index (χ1n) is 6.32. The van der Waals surface area contributed by atoms with Gasteiger partial charge in [0.2, 0.25) is 0 Å². The standard InChI is InChI=1S/C13H21NO5.ClH/c1-10-8-14(9-11(2)19-10)6-7-18-13(16)5-4-12(15)17-3;/h4-5,10-11H,6-9H2,1-3H3;1H/b5-4+;. The summed E-state index contributed by atoms with van der Waals surface area (Å²) in [5.74, 6) is -1.12. The number of rotatable bonds is 5. The van der Waals surface area contributed by atoms with E-state index in [4.69, 9.17) is 9.47 Å². The molecular weight excluding hydrogens is 286 g/mol. The maximum Gasteiger partial charge on any atom is 0.331 e. The number of nitrogens with zero attached hydrogens (tertiary/aromatic N) is 1. The minimum atomic E-state index is -0.576. The van der Waals surface area contributed by atoms with Gasteiger partial charge in [-0.15, -0.1) is 12.4 Å². The van der Waals surface area contributed by atoms with E-state index in [2.05, 4.69) is 9.64 Å². The molecule has 1 aliphatic rings. The van der Waals surface area contributed by atoms with Gasteiger partial charge in [-0.1, -0.05) is 0 Å². The van der Waals surface area contributed by atoms with Gasteiger partial charge in [-0.2, -0.15) is 0 Å². The summed E-state index contributed by atoms with van der Waals surface area (Å²) in [6, 6.07) is 0. The lowest BCUT2D eigenvalue weighted by Gasteiger charge is -2.34. The van der Waals surface area contributed by atoms with E-state index in [9.17, 15) is 9.59 Å². The molecular formula is C13H22ClNO5. The maximum absolute atomic E-state index is 11.3. The van der Waals surface area contributed by atoms with Crippen LogP contribution in [0.2, 0.25) is 0 Å². The molecule has 2 atom stereocenters. The lowest BCUT2D eigenvalue weighted by atomic mass is 10.2. The van der Waals surface area contributed by atoms with Crippen LogP contribution >= 0.6 is 12.4 Å². The van der Waals surface area contributed by atoms with Gasteiger partial charge in [0.15, 0.2) is 0 Å². The molecule has 0 spiro atoms. The smallest absolute Gasteiger partial charge is 0.331 e. The molecule has 6 nitrogen and oxygen atoms in total. The maximum atomic E-state index is 11.3. The van der Waals surface area contributed by atoms with E-state index >= 15 is 0 Å². The van der Waals surface area contributed by atoms with Crippen molar-refractivity contribution in [3.05, 3.63) is 12.2 Å². The molecule has 2 unspecified atom stereocenters. The van der Waals surface area contributed by atoms with E-state index in [0.29, 0.717) is 13.2 Å². The van der Waals surface area contributed by atoms with Crippen LogP contribution in [0.1, 0.15) is 13.8 Å². The van der Waals surface area contributed by atoms with Gasteiger partial charge in [0.25, 0.3) is 0 Å². The number of halogens is 1. The van der Waals surface area contributed by atoms with E-state index in [1.54, 1.807) is 0 Å². The molecule has 0 aliphatic carbocycles. The Hall–Kier alpha value is -1.11. The Bertz CT molecular complexity index is 338. The highest BCUT2D eigenvalue weighted by molar-refractivity contribution is 5.91. The highest BCUT2D eigenvalue weighted by Gasteiger charge is 2.21. The van der Waals surface area contributed by atoms with E-state index in [1.807, 2.05) is 13.8 Å². The summed E-state index contributed by atoms with van der Waals surface area (Å²) >= 11 is 0. The number of esters is 2. The van der Waals surface area contributed by atoms with Gasteiger partial charge in [-0.25, -0.2) is 9.59 Å². The first-order chi connectivity index (χ1) is 9.01. The second-order valence-corrected chi connectivity index (χ2v) is 4.54. The van der Waals surface area contributed by atoms with Crippen LogP contribution in [-0.4, -0.2) is 62.4 Å². The third kappa shape index (κ3) is 7.47. The van der Waals surface area contributed by atoms with Gasteiger partial charge in [-0.3, -0.25) is 4.90 Å². The highest BCUT2D eigenvalue weighted by atomic mass is 35.5. The fourth-order valence-electron chi connectivity index (χ4n) is 1.99. The summed E-state index contributed by atoms with van der Waals surface area (Å²) in [6.07, 6.45) is 2.50. The SMILES string of the molecule is COC(=O)/C=C/C(=O)OCCN1CC(C)OC(C)C1.Cl. The zero-order valence-corrected chi connectivity index (χ0v) is 12.9. The van der Waals surface area contributed by atoms with Crippen LogP contribution < -0.4 is 0 Å². The van der Waals surface area contributed by atoms with Gasteiger partial charge in [0.1, 0.15) is 6.61 Å². The minimum Gasteiger partial charge on any atom is -0.466 e. The van der Waals surface area contributed by atoms with Crippen molar-refractivity contribution in [1.29, 1.82) is 0 Å². The number of carbonyl (C=O) groups is 2. The average molecular weight is 308 g/mol. The molecule has 116 valence electrons. The number of morpholine rings is 1. The topological polar surface area (TPSA) is 65.1 Å². The Morgan fingerprint density at radius 1 is 1.20 bits per heavy atom. The van der Waals surface area contributed by atoms with Gasteiger partial charge < -0.3 is 14.2 Å². The van der Waals surface area contributed by atoms with E-state index in [1.165, 1.54) is 7.11 Å². The number of methoxy groups -OCH3 is 1. The normalized spacial score (nSPS) is 23.1. The van der Waals surface area contributed by atoms with Crippen LogP contribution in [0.5, 0.6) is 0 Å². The molecule has 0 saturated carbocycles. The van der Waals surface area contributed by atoms with Gasteiger partial charge in [-0.05, 0) is 13.8 Å². The third-order valence-electron chi connectivity index (χ3n) is 2.70. The summed E-state index contributed by atoms with van der Waals surface area (Å²) < 4.78 is 15.0. The number of hydrogen-bond donors (Lipinski definition) is 0. The molecule has 20 heavy (non-hydrogen) atoms. The molecule has 1 heterocycles. The highest BCUT2D eigenvalue weighted by Crippen LogP contribution is 2.09. The Morgan fingerprint density at radius 3 is 2.30 bits per heavy atom. The van der Waals surface area contributed by atoms with Gasteiger partial charge in [0, 0.05) is 31.8 Å². The van der Waals surface area contributed by atoms with Crippen molar-refractivity contribution in [2.24, 2.45) is 0 Å². The lowest BCUT2D eigenvalue weighted by Crippen LogP contribution is -2.46. The van der Waals surface area contributed by atoms with Crippen LogP contribution in [0.4, 0.5) is 0 Å². The molecule has 1 aliphatic heterocycles. The Kier molecular flexibility index (Phi) is 9.20. The largest absolute Gasteiger partial charge is 0.466 e. The molecule has 1 saturated heterocycles. The fourth-order valence-corrected chi connectivity index (χ4v) is 1.99. The Balaban J connectivity index is 0.00000361. The molecule has 1 rings (SSSR count). The van der Waals surface area contributed by atoms with Crippen molar-refractivity contribution in [3.63, 3.8) is 0 Å².